The van der Waals surface area contributed by atoms with Crippen LogP contribution in [0.25, 0.3) is 10.7 Å². The summed E-state index contributed by atoms with van der Waals surface area (Å²) in [4.78, 5) is 0.703. The molecule has 0 radical (unpaired) electrons. The Morgan fingerprint density at radius 2 is 2.06 bits per heavy atom. The molecule has 0 aliphatic heterocycles. The molecule has 0 aromatic carbocycles. The molecule has 7 nitrogen and oxygen atoms in total. The maximum absolute atomic E-state index is 11.2. The van der Waals surface area contributed by atoms with Crippen molar-refractivity contribution in [2.45, 2.75) is 18.5 Å². The van der Waals surface area contributed by atoms with E-state index >= 15 is 0 Å². The van der Waals surface area contributed by atoms with Gasteiger partial charge in [-0.3, -0.25) is 4.57 Å². The highest BCUT2D eigenvalue weighted by atomic mass is 35.7. The van der Waals surface area contributed by atoms with E-state index in [2.05, 4.69) is 19.8 Å². The highest BCUT2D eigenvalue weighted by molar-refractivity contribution is 8.13. The molecule has 0 amide bonds. The fourth-order valence-electron chi connectivity index (χ4n) is 1.33. The number of halogens is 1. The van der Waals surface area contributed by atoms with Crippen LogP contribution >= 0.6 is 22.2 Å². The summed E-state index contributed by atoms with van der Waals surface area (Å²) in [6.45, 7) is 1.93. The first-order valence-electron chi connectivity index (χ1n) is 4.60. The molecule has 17 heavy (non-hydrogen) atoms. The second-order valence-corrected chi connectivity index (χ2v) is 6.42. The minimum Gasteiger partial charge on any atom is -0.299 e. The third-order valence-corrected chi connectivity index (χ3v) is 4.12. The highest BCUT2D eigenvalue weighted by Gasteiger charge is 2.23. The lowest BCUT2D eigenvalue weighted by Gasteiger charge is -1.99. The number of hydrogen-bond donors (Lipinski definition) is 0. The Hall–Kier alpha value is -1.06. The smallest absolute Gasteiger partial charge is 0.296 e. The van der Waals surface area contributed by atoms with E-state index < -0.39 is 9.05 Å². The fourth-order valence-corrected chi connectivity index (χ4v) is 3.06. The standard InChI is InChI=1S/C7H8ClN5O2S2/c1-3-4-5(16-12-9-4)6-10-11-7(13(6)2)17(8,14)15/h3H2,1-2H3. The zero-order valence-electron chi connectivity index (χ0n) is 8.95. The lowest BCUT2D eigenvalue weighted by molar-refractivity contribution is 0.593. The molecule has 0 saturated carbocycles. The summed E-state index contributed by atoms with van der Waals surface area (Å²) in [6, 6.07) is 0. The normalized spacial score (nSPS) is 11.9. The molecule has 0 bridgehead atoms. The average Bonchev–Trinajstić information content (AvgIpc) is 2.81. The summed E-state index contributed by atoms with van der Waals surface area (Å²) in [7, 11) is 2.87. The minimum atomic E-state index is -3.90. The van der Waals surface area contributed by atoms with Crippen LogP contribution in [-0.4, -0.2) is 32.8 Å². The van der Waals surface area contributed by atoms with Crippen molar-refractivity contribution in [3.63, 3.8) is 0 Å². The Morgan fingerprint density at radius 3 is 2.59 bits per heavy atom. The van der Waals surface area contributed by atoms with Crippen molar-refractivity contribution in [1.29, 1.82) is 0 Å². The van der Waals surface area contributed by atoms with Gasteiger partial charge in [-0.2, -0.15) is 0 Å². The van der Waals surface area contributed by atoms with Crippen molar-refractivity contribution in [2.75, 3.05) is 0 Å². The fraction of sp³-hybridized carbons (Fsp3) is 0.429. The van der Waals surface area contributed by atoms with Gasteiger partial charge in [0, 0.05) is 17.7 Å². The Balaban J connectivity index is 2.60. The molecule has 10 heteroatoms. The largest absolute Gasteiger partial charge is 0.299 e. The molecule has 0 spiro atoms. The molecule has 0 unspecified atom stereocenters. The average molecular weight is 294 g/mol. The van der Waals surface area contributed by atoms with Gasteiger partial charge in [0.25, 0.3) is 14.2 Å². The van der Waals surface area contributed by atoms with Crippen molar-refractivity contribution >= 4 is 31.3 Å². The van der Waals surface area contributed by atoms with Crippen molar-refractivity contribution in [3.8, 4) is 10.7 Å². The second-order valence-electron chi connectivity index (χ2n) is 3.21. The van der Waals surface area contributed by atoms with Crippen LogP contribution in [0.1, 0.15) is 12.6 Å². The molecule has 0 saturated heterocycles. The van der Waals surface area contributed by atoms with E-state index in [-0.39, 0.29) is 5.16 Å². The number of rotatable bonds is 3. The maximum Gasteiger partial charge on any atom is 0.296 e. The van der Waals surface area contributed by atoms with Crippen LogP contribution in [0.5, 0.6) is 0 Å². The monoisotopic (exact) mass is 293 g/mol. The molecule has 92 valence electrons. The molecule has 2 rings (SSSR count). The molecule has 2 heterocycles. The van der Waals surface area contributed by atoms with Gasteiger partial charge in [-0.25, -0.2) is 8.42 Å². The minimum absolute atomic E-state index is 0.287. The van der Waals surface area contributed by atoms with Crippen molar-refractivity contribution in [1.82, 2.24) is 24.4 Å². The van der Waals surface area contributed by atoms with Crippen molar-refractivity contribution in [2.24, 2.45) is 7.05 Å². The van der Waals surface area contributed by atoms with Gasteiger partial charge >= 0.3 is 0 Å². The summed E-state index contributed by atoms with van der Waals surface area (Å²) >= 11 is 1.14. The lowest BCUT2D eigenvalue weighted by Crippen LogP contribution is -2.03. The van der Waals surface area contributed by atoms with Gasteiger partial charge in [-0.15, -0.1) is 15.3 Å². The molecule has 0 aliphatic carbocycles. The van der Waals surface area contributed by atoms with Gasteiger partial charge in [-0.1, -0.05) is 11.4 Å². The SMILES string of the molecule is CCc1nnsc1-c1nnc(S(=O)(=O)Cl)n1C. The third-order valence-electron chi connectivity index (χ3n) is 2.15. The van der Waals surface area contributed by atoms with Gasteiger partial charge in [-0.05, 0) is 18.0 Å². The van der Waals surface area contributed by atoms with E-state index in [1.807, 2.05) is 6.92 Å². The molecule has 2 aromatic rings. The summed E-state index contributed by atoms with van der Waals surface area (Å²) in [6.07, 6.45) is 0.682. The predicted molar refractivity (Wildman–Crippen MR) is 62.3 cm³/mol. The summed E-state index contributed by atoms with van der Waals surface area (Å²) < 4.78 is 27.5. The quantitative estimate of drug-likeness (QED) is 0.778. The molecule has 0 aliphatic rings. The highest BCUT2D eigenvalue weighted by Crippen LogP contribution is 2.26. The Kier molecular flexibility index (Phi) is 3.15. The van der Waals surface area contributed by atoms with Crippen LogP contribution in [0.15, 0.2) is 5.16 Å². The van der Waals surface area contributed by atoms with E-state index in [1.54, 1.807) is 0 Å². The Bertz CT molecular complexity index is 647. The van der Waals surface area contributed by atoms with Crippen molar-refractivity contribution in [3.05, 3.63) is 5.69 Å². The number of nitrogens with zero attached hydrogens (tertiary/aromatic N) is 5. The third kappa shape index (κ3) is 2.17. The van der Waals surface area contributed by atoms with E-state index in [4.69, 9.17) is 10.7 Å². The number of aryl methyl sites for hydroxylation is 1. The first-order valence-corrected chi connectivity index (χ1v) is 7.69. The second kappa shape index (κ2) is 4.31. The van der Waals surface area contributed by atoms with Crippen LogP contribution in [-0.2, 0) is 22.5 Å². The first kappa shape index (κ1) is 12.4. The maximum atomic E-state index is 11.2. The zero-order chi connectivity index (χ0) is 12.6. The van der Waals surface area contributed by atoms with E-state index in [0.29, 0.717) is 17.1 Å². The molecule has 0 N–H and O–H groups in total. The predicted octanol–water partition coefficient (Wildman–Crippen LogP) is 0.824. The molecular formula is C7H8ClN5O2S2. The van der Waals surface area contributed by atoms with Crippen LogP contribution in [0.2, 0.25) is 0 Å². The molecule has 2 aromatic heterocycles. The van der Waals surface area contributed by atoms with Gasteiger partial charge in [0.1, 0.15) is 4.88 Å². The molecule has 0 fully saturated rings. The van der Waals surface area contributed by atoms with Crippen LogP contribution in [0, 0.1) is 0 Å². The lowest BCUT2D eigenvalue weighted by atomic mass is 10.3. The van der Waals surface area contributed by atoms with Gasteiger partial charge in [0.15, 0.2) is 5.82 Å². The summed E-state index contributed by atoms with van der Waals surface area (Å²) in [5.41, 5.74) is 0.754. The van der Waals surface area contributed by atoms with Gasteiger partial charge in [0.2, 0.25) is 0 Å². The number of hydrogen-bond acceptors (Lipinski definition) is 7. The van der Waals surface area contributed by atoms with E-state index in [0.717, 1.165) is 17.2 Å². The van der Waals surface area contributed by atoms with E-state index in [9.17, 15) is 8.42 Å². The van der Waals surface area contributed by atoms with Crippen LogP contribution in [0.4, 0.5) is 0 Å². The Labute approximate surface area is 106 Å². The van der Waals surface area contributed by atoms with E-state index in [1.165, 1.54) is 11.6 Å². The Morgan fingerprint density at radius 1 is 1.35 bits per heavy atom. The zero-order valence-corrected chi connectivity index (χ0v) is 11.3. The van der Waals surface area contributed by atoms with Gasteiger partial charge in [0.05, 0.1) is 5.69 Å². The summed E-state index contributed by atoms with van der Waals surface area (Å²) in [5, 5.41) is 11.0. The van der Waals surface area contributed by atoms with Crippen molar-refractivity contribution < 1.29 is 8.42 Å². The molecular weight excluding hydrogens is 286 g/mol. The van der Waals surface area contributed by atoms with Gasteiger partial charge < -0.3 is 0 Å². The molecule has 0 atom stereocenters. The van der Waals surface area contributed by atoms with Crippen LogP contribution in [0.3, 0.4) is 0 Å². The van der Waals surface area contributed by atoms with Crippen LogP contribution < -0.4 is 0 Å². The topological polar surface area (TPSA) is 90.6 Å². The number of aromatic nitrogens is 5. The first-order chi connectivity index (χ1) is 7.95. The summed E-state index contributed by atoms with van der Waals surface area (Å²) in [5.74, 6) is 0.399.